The molecule has 0 aliphatic carbocycles. The topological polar surface area (TPSA) is 69.2 Å². The summed E-state index contributed by atoms with van der Waals surface area (Å²) in [6, 6.07) is 17.2. The van der Waals surface area contributed by atoms with E-state index in [-0.39, 0.29) is 12.5 Å². The number of halogens is 1. The van der Waals surface area contributed by atoms with Crippen molar-refractivity contribution in [3.8, 4) is 17.2 Å². The second-order valence-electron chi connectivity index (χ2n) is 7.64. The molecule has 1 N–H and O–H groups in total. The van der Waals surface area contributed by atoms with Crippen molar-refractivity contribution in [2.45, 2.75) is 27.4 Å². The first-order chi connectivity index (χ1) is 15.9. The van der Waals surface area contributed by atoms with Crippen LogP contribution in [-0.4, -0.2) is 25.8 Å². The number of nitrogens with zero attached hydrogens (tertiary/aromatic N) is 1. The number of hydrogen-bond donors (Lipinski definition) is 1. The molecule has 172 valence electrons. The third kappa shape index (κ3) is 6.99. The molecule has 6 nitrogen and oxygen atoms in total. The highest BCUT2D eigenvalue weighted by atomic mass is 35.5. The third-order valence-corrected chi connectivity index (χ3v) is 5.48. The number of hydrogen-bond acceptors (Lipinski definition) is 5. The lowest BCUT2D eigenvalue weighted by molar-refractivity contribution is -0.123. The Morgan fingerprint density at radius 1 is 0.970 bits per heavy atom. The molecule has 3 aromatic carbocycles. The molecule has 0 heterocycles. The van der Waals surface area contributed by atoms with Crippen LogP contribution in [0.5, 0.6) is 17.2 Å². The van der Waals surface area contributed by atoms with Gasteiger partial charge in [-0.2, -0.15) is 5.10 Å². The normalized spacial score (nSPS) is 10.8. The van der Waals surface area contributed by atoms with Crippen LogP contribution < -0.4 is 19.6 Å². The minimum absolute atomic E-state index is 0.160. The average Bonchev–Trinajstić information content (AvgIpc) is 2.81. The van der Waals surface area contributed by atoms with Gasteiger partial charge in [0, 0.05) is 5.02 Å². The molecule has 1 amide bonds. The zero-order valence-electron chi connectivity index (χ0n) is 19.1. The maximum Gasteiger partial charge on any atom is 0.277 e. The predicted octanol–water partition coefficient (Wildman–Crippen LogP) is 5.38. The van der Waals surface area contributed by atoms with Gasteiger partial charge in [0.25, 0.3) is 5.91 Å². The Kier molecular flexibility index (Phi) is 8.33. The Morgan fingerprint density at radius 3 is 2.33 bits per heavy atom. The molecular weight excluding hydrogens is 440 g/mol. The number of amides is 1. The minimum Gasteiger partial charge on any atom is -0.493 e. The maximum atomic E-state index is 12.0. The van der Waals surface area contributed by atoms with Crippen LogP contribution in [0.15, 0.2) is 59.7 Å². The van der Waals surface area contributed by atoms with E-state index in [0.717, 1.165) is 22.3 Å². The summed E-state index contributed by atoms with van der Waals surface area (Å²) < 4.78 is 16.8. The van der Waals surface area contributed by atoms with Gasteiger partial charge in [0.2, 0.25) is 0 Å². The summed E-state index contributed by atoms with van der Waals surface area (Å²) in [5.74, 6) is 1.41. The number of carbonyl (C=O) groups excluding carboxylic acids is 1. The van der Waals surface area contributed by atoms with Crippen LogP contribution in [0, 0.1) is 20.8 Å². The van der Waals surface area contributed by atoms with Crippen LogP contribution in [0.4, 0.5) is 0 Å². The molecule has 0 unspecified atom stereocenters. The first kappa shape index (κ1) is 24.1. The molecule has 3 aromatic rings. The van der Waals surface area contributed by atoms with E-state index >= 15 is 0 Å². The number of benzene rings is 3. The summed E-state index contributed by atoms with van der Waals surface area (Å²) in [6.07, 6.45) is 1.53. The van der Waals surface area contributed by atoms with E-state index < -0.39 is 0 Å². The lowest BCUT2D eigenvalue weighted by Crippen LogP contribution is -2.24. The zero-order valence-corrected chi connectivity index (χ0v) is 19.9. The molecular formula is C26H27ClN2O4. The molecule has 0 aliphatic rings. The van der Waals surface area contributed by atoms with E-state index in [4.69, 9.17) is 25.8 Å². The van der Waals surface area contributed by atoms with E-state index in [2.05, 4.69) is 10.5 Å². The summed E-state index contributed by atoms with van der Waals surface area (Å²) in [5.41, 5.74) is 7.26. The number of ether oxygens (including phenoxy) is 3. The Hall–Kier alpha value is -3.51. The number of nitrogens with one attached hydrogen (secondary N) is 1. The van der Waals surface area contributed by atoms with E-state index in [1.807, 2.05) is 57.2 Å². The second kappa shape index (κ2) is 11.4. The van der Waals surface area contributed by atoms with Crippen LogP contribution in [-0.2, 0) is 11.4 Å². The first-order valence-electron chi connectivity index (χ1n) is 10.4. The molecule has 0 saturated carbocycles. The monoisotopic (exact) mass is 466 g/mol. The summed E-state index contributed by atoms with van der Waals surface area (Å²) in [4.78, 5) is 12.0. The van der Waals surface area contributed by atoms with E-state index in [0.29, 0.717) is 28.9 Å². The Balaban J connectivity index is 1.52. The molecule has 33 heavy (non-hydrogen) atoms. The van der Waals surface area contributed by atoms with Crippen LogP contribution in [0.2, 0.25) is 5.02 Å². The lowest BCUT2D eigenvalue weighted by atomic mass is 10.1. The molecule has 0 radical (unpaired) electrons. The van der Waals surface area contributed by atoms with E-state index in [1.165, 1.54) is 11.8 Å². The SMILES string of the molecule is COc1cc(/C=N/NC(=O)COc2cc(C)c(Cl)c(C)c2)ccc1OCc1ccc(C)cc1. The quantitative estimate of drug-likeness (QED) is 0.339. The standard InChI is InChI=1S/C26H27ClN2O4/c1-17-5-7-20(8-6-17)15-33-23-10-9-21(13-24(23)31-4)14-28-29-25(30)16-32-22-11-18(2)26(27)19(3)12-22/h5-14H,15-16H2,1-4H3,(H,29,30)/b28-14+. The molecule has 0 aliphatic heterocycles. The number of hydrazone groups is 1. The summed E-state index contributed by atoms with van der Waals surface area (Å²) >= 11 is 6.15. The van der Waals surface area contributed by atoms with Crippen molar-refractivity contribution >= 4 is 23.7 Å². The van der Waals surface area contributed by atoms with Gasteiger partial charge in [-0.25, -0.2) is 5.43 Å². The molecule has 0 aromatic heterocycles. The van der Waals surface area contributed by atoms with Crippen LogP contribution in [0.25, 0.3) is 0 Å². The van der Waals surface area contributed by atoms with Gasteiger partial charge in [-0.1, -0.05) is 41.4 Å². The molecule has 7 heteroatoms. The van der Waals surface area contributed by atoms with Crippen LogP contribution in [0.3, 0.4) is 0 Å². The van der Waals surface area contributed by atoms with Crippen molar-refractivity contribution in [3.63, 3.8) is 0 Å². The molecule has 0 atom stereocenters. The van der Waals surface area contributed by atoms with Gasteiger partial charge in [-0.3, -0.25) is 4.79 Å². The van der Waals surface area contributed by atoms with Crippen molar-refractivity contribution in [2.75, 3.05) is 13.7 Å². The summed E-state index contributed by atoms with van der Waals surface area (Å²) in [6.45, 7) is 6.10. The Morgan fingerprint density at radius 2 is 1.67 bits per heavy atom. The molecule has 0 saturated heterocycles. The number of carbonyl (C=O) groups is 1. The summed E-state index contributed by atoms with van der Waals surface area (Å²) in [5, 5.41) is 4.68. The average molecular weight is 467 g/mol. The number of rotatable bonds is 9. The smallest absolute Gasteiger partial charge is 0.277 e. The highest BCUT2D eigenvalue weighted by Gasteiger charge is 2.08. The van der Waals surface area contributed by atoms with Crippen molar-refractivity contribution in [3.05, 3.63) is 87.4 Å². The Labute approximate surface area is 199 Å². The fraction of sp³-hybridized carbons (Fsp3) is 0.231. The Bertz CT molecular complexity index is 1120. The maximum absolute atomic E-state index is 12.0. The molecule has 0 fully saturated rings. The van der Waals surface area contributed by atoms with Crippen molar-refractivity contribution in [1.82, 2.24) is 5.43 Å². The van der Waals surface area contributed by atoms with Crippen LogP contribution in [0.1, 0.15) is 27.8 Å². The molecule has 3 rings (SSSR count). The fourth-order valence-corrected chi connectivity index (χ4v) is 3.19. The van der Waals surface area contributed by atoms with Gasteiger partial charge in [-0.15, -0.1) is 0 Å². The van der Waals surface area contributed by atoms with Crippen molar-refractivity contribution < 1.29 is 19.0 Å². The largest absolute Gasteiger partial charge is 0.493 e. The van der Waals surface area contributed by atoms with Crippen molar-refractivity contribution in [1.29, 1.82) is 0 Å². The van der Waals surface area contributed by atoms with E-state index in [1.54, 1.807) is 25.3 Å². The van der Waals surface area contributed by atoms with Gasteiger partial charge in [0.15, 0.2) is 18.1 Å². The lowest BCUT2D eigenvalue weighted by Gasteiger charge is -2.11. The molecule has 0 spiro atoms. The van der Waals surface area contributed by atoms with Gasteiger partial charge >= 0.3 is 0 Å². The number of aryl methyl sites for hydroxylation is 3. The van der Waals surface area contributed by atoms with Crippen molar-refractivity contribution in [2.24, 2.45) is 5.10 Å². The van der Waals surface area contributed by atoms with Gasteiger partial charge in [0.1, 0.15) is 12.4 Å². The highest BCUT2D eigenvalue weighted by molar-refractivity contribution is 6.32. The van der Waals surface area contributed by atoms with Gasteiger partial charge in [0.05, 0.1) is 13.3 Å². The van der Waals surface area contributed by atoms with Crippen LogP contribution >= 0.6 is 11.6 Å². The van der Waals surface area contributed by atoms with Gasteiger partial charge in [-0.05, 0) is 73.4 Å². The predicted molar refractivity (Wildman–Crippen MR) is 131 cm³/mol. The zero-order chi connectivity index (χ0) is 23.8. The third-order valence-electron chi connectivity index (χ3n) is 4.89. The number of methoxy groups -OCH3 is 1. The van der Waals surface area contributed by atoms with Gasteiger partial charge < -0.3 is 14.2 Å². The second-order valence-corrected chi connectivity index (χ2v) is 8.02. The highest BCUT2D eigenvalue weighted by Crippen LogP contribution is 2.28. The fourth-order valence-electron chi connectivity index (χ4n) is 3.08. The molecule has 0 bridgehead atoms. The minimum atomic E-state index is -0.374. The van der Waals surface area contributed by atoms with E-state index in [9.17, 15) is 4.79 Å². The first-order valence-corrected chi connectivity index (χ1v) is 10.8. The summed E-state index contributed by atoms with van der Waals surface area (Å²) in [7, 11) is 1.58.